The van der Waals surface area contributed by atoms with Gasteiger partial charge in [0.25, 0.3) is 5.91 Å². The molecule has 3 rings (SSSR count). The number of carbonyl (C=O) groups excluding carboxylic acids is 1. The first-order chi connectivity index (χ1) is 11.5. The summed E-state index contributed by atoms with van der Waals surface area (Å²) in [5, 5.41) is 0. The summed E-state index contributed by atoms with van der Waals surface area (Å²) in [6.45, 7) is -0.0347. The number of benzene rings is 1. The third-order valence-electron chi connectivity index (χ3n) is 4.80. The highest BCUT2D eigenvalue weighted by Crippen LogP contribution is 2.29. The van der Waals surface area contributed by atoms with Crippen LogP contribution in [0.25, 0.3) is 0 Å². The Morgan fingerprint density at radius 1 is 1.17 bits per heavy atom. The maximum Gasteiger partial charge on any atom is 0.261 e. The molecule has 0 bridgehead atoms. The molecule has 7 heteroatoms. The van der Waals surface area contributed by atoms with Crippen molar-refractivity contribution < 1.29 is 17.9 Å². The van der Waals surface area contributed by atoms with Crippen LogP contribution in [-0.4, -0.2) is 49.4 Å². The summed E-state index contributed by atoms with van der Waals surface area (Å²) in [6, 6.07) is 7.54. The number of para-hydroxylation sites is 1. The second kappa shape index (κ2) is 7.59. The van der Waals surface area contributed by atoms with Crippen molar-refractivity contribution in [3.63, 3.8) is 0 Å². The van der Waals surface area contributed by atoms with E-state index in [-0.39, 0.29) is 36.1 Å². The van der Waals surface area contributed by atoms with Crippen LogP contribution in [0.5, 0.6) is 5.75 Å². The average Bonchev–Trinajstić information content (AvgIpc) is 3.17. The fourth-order valence-electron chi connectivity index (χ4n) is 3.66. The Kier molecular flexibility index (Phi) is 5.69. The normalized spacial score (nSPS) is 23.3. The Bertz CT molecular complexity index is 700. The van der Waals surface area contributed by atoms with Gasteiger partial charge in [-0.3, -0.25) is 4.79 Å². The van der Waals surface area contributed by atoms with Gasteiger partial charge in [-0.25, -0.2) is 8.42 Å². The summed E-state index contributed by atoms with van der Waals surface area (Å²) in [6.07, 6.45) is 4.68. The van der Waals surface area contributed by atoms with Crippen LogP contribution in [0.4, 0.5) is 0 Å². The van der Waals surface area contributed by atoms with Crippen LogP contribution in [0.15, 0.2) is 24.3 Å². The molecular formula is C17H22INO4S. The van der Waals surface area contributed by atoms with E-state index in [2.05, 4.69) is 22.6 Å². The van der Waals surface area contributed by atoms with Crippen molar-refractivity contribution in [3.8, 4) is 5.75 Å². The maximum atomic E-state index is 12.8. The molecule has 1 saturated heterocycles. The molecule has 0 N–H and O–H groups in total. The smallest absolute Gasteiger partial charge is 0.261 e. The van der Waals surface area contributed by atoms with Gasteiger partial charge in [-0.1, -0.05) is 25.0 Å². The Hall–Kier alpha value is -0.830. The van der Waals surface area contributed by atoms with Crippen LogP contribution < -0.4 is 4.74 Å². The second-order valence-electron chi connectivity index (χ2n) is 6.52. The average molecular weight is 463 g/mol. The van der Waals surface area contributed by atoms with E-state index in [1.165, 1.54) is 0 Å². The number of ether oxygens (including phenoxy) is 1. The Balaban J connectivity index is 1.70. The van der Waals surface area contributed by atoms with Crippen LogP contribution in [0.3, 0.4) is 0 Å². The van der Waals surface area contributed by atoms with Crippen molar-refractivity contribution in [3.05, 3.63) is 27.8 Å². The molecule has 5 nitrogen and oxygen atoms in total. The number of rotatable bonds is 5. The van der Waals surface area contributed by atoms with E-state index in [4.69, 9.17) is 4.74 Å². The van der Waals surface area contributed by atoms with E-state index in [1.807, 2.05) is 29.2 Å². The predicted octanol–water partition coefficient (Wildman–Crippen LogP) is 2.63. The lowest BCUT2D eigenvalue weighted by Gasteiger charge is -2.34. The van der Waals surface area contributed by atoms with Gasteiger partial charge in [0, 0.05) is 12.1 Å². The van der Waals surface area contributed by atoms with Crippen LogP contribution in [-0.2, 0) is 14.6 Å². The van der Waals surface area contributed by atoms with Gasteiger partial charge in [0.05, 0.1) is 15.1 Å². The zero-order chi connectivity index (χ0) is 17.2. The molecule has 2 aliphatic rings. The van der Waals surface area contributed by atoms with E-state index in [0.29, 0.717) is 12.2 Å². The molecule has 1 heterocycles. The van der Waals surface area contributed by atoms with E-state index in [9.17, 15) is 13.2 Å². The van der Waals surface area contributed by atoms with E-state index >= 15 is 0 Å². The summed E-state index contributed by atoms with van der Waals surface area (Å²) in [7, 11) is -3.01. The molecule has 1 saturated carbocycles. The van der Waals surface area contributed by atoms with E-state index < -0.39 is 9.84 Å². The minimum Gasteiger partial charge on any atom is -0.483 e. The molecule has 1 amide bonds. The summed E-state index contributed by atoms with van der Waals surface area (Å²) in [5.41, 5.74) is 0. The highest BCUT2D eigenvalue weighted by atomic mass is 127. The van der Waals surface area contributed by atoms with Crippen molar-refractivity contribution >= 4 is 38.3 Å². The minimum absolute atomic E-state index is 0.0347. The van der Waals surface area contributed by atoms with Crippen molar-refractivity contribution in [1.29, 1.82) is 0 Å². The molecule has 0 spiro atoms. The number of hydrogen-bond acceptors (Lipinski definition) is 4. The Morgan fingerprint density at radius 2 is 1.88 bits per heavy atom. The van der Waals surface area contributed by atoms with Crippen molar-refractivity contribution in [2.24, 2.45) is 0 Å². The van der Waals surface area contributed by atoms with Crippen molar-refractivity contribution in [1.82, 2.24) is 4.90 Å². The van der Waals surface area contributed by atoms with Crippen LogP contribution in [0.2, 0.25) is 0 Å². The SMILES string of the molecule is O=C(COc1ccccc1I)N(C1CCCC1)C1CCS(=O)(=O)C1. The first kappa shape index (κ1) is 18.0. The van der Waals surface area contributed by atoms with Gasteiger partial charge in [0.1, 0.15) is 5.75 Å². The zero-order valence-corrected chi connectivity index (χ0v) is 16.5. The molecular weight excluding hydrogens is 441 g/mol. The second-order valence-corrected chi connectivity index (χ2v) is 9.91. The first-order valence-corrected chi connectivity index (χ1v) is 11.3. The summed E-state index contributed by atoms with van der Waals surface area (Å²) < 4.78 is 30.3. The lowest BCUT2D eigenvalue weighted by molar-refractivity contribution is -0.137. The fraction of sp³-hybridized carbons (Fsp3) is 0.588. The Labute approximate surface area is 156 Å². The molecule has 0 aromatic heterocycles. The lowest BCUT2D eigenvalue weighted by atomic mass is 10.1. The van der Waals surface area contributed by atoms with Gasteiger partial charge in [-0.15, -0.1) is 0 Å². The largest absolute Gasteiger partial charge is 0.483 e. The van der Waals surface area contributed by atoms with Gasteiger partial charge < -0.3 is 9.64 Å². The summed E-state index contributed by atoms with van der Waals surface area (Å²) in [4.78, 5) is 14.6. The van der Waals surface area contributed by atoms with Gasteiger partial charge >= 0.3 is 0 Å². The van der Waals surface area contributed by atoms with Crippen LogP contribution >= 0.6 is 22.6 Å². The predicted molar refractivity (Wildman–Crippen MR) is 101 cm³/mol. The molecule has 1 unspecified atom stereocenters. The number of sulfone groups is 1. The molecule has 24 heavy (non-hydrogen) atoms. The third-order valence-corrected chi connectivity index (χ3v) is 7.44. The zero-order valence-electron chi connectivity index (χ0n) is 13.5. The number of carbonyl (C=O) groups is 1. The van der Waals surface area contributed by atoms with Crippen molar-refractivity contribution in [2.75, 3.05) is 18.1 Å². The summed E-state index contributed by atoms with van der Waals surface area (Å²) >= 11 is 2.18. The molecule has 132 valence electrons. The molecule has 2 fully saturated rings. The highest BCUT2D eigenvalue weighted by Gasteiger charge is 2.39. The monoisotopic (exact) mass is 463 g/mol. The maximum absolute atomic E-state index is 12.8. The van der Waals surface area contributed by atoms with Crippen molar-refractivity contribution in [2.45, 2.75) is 44.2 Å². The topological polar surface area (TPSA) is 63.7 Å². The van der Waals surface area contributed by atoms with Crippen LogP contribution in [0.1, 0.15) is 32.1 Å². The molecule has 1 aliphatic heterocycles. The molecule has 1 aromatic rings. The van der Waals surface area contributed by atoms with Gasteiger partial charge in [-0.05, 0) is 54.0 Å². The molecule has 1 aliphatic carbocycles. The van der Waals surface area contributed by atoms with Gasteiger partial charge in [-0.2, -0.15) is 0 Å². The Morgan fingerprint density at radius 3 is 2.50 bits per heavy atom. The molecule has 1 atom stereocenters. The first-order valence-electron chi connectivity index (χ1n) is 8.35. The summed E-state index contributed by atoms with van der Waals surface area (Å²) in [5.74, 6) is 0.879. The standard InChI is InChI=1S/C17H22INO4S/c18-15-7-3-4-8-16(15)23-11-17(20)19(13-5-1-2-6-13)14-9-10-24(21,22)12-14/h3-4,7-8,13-14H,1-2,5-6,9-12H2. The number of hydrogen-bond donors (Lipinski definition) is 0. The van der Waals surface area contributed by atoms with E-state index in [1.54, 1.807) is 0 Å². The number of halogens is 1. The lowest BCUT2D eigenvalue weighted by Crippen LogP contribution is -2.48. The molecule has 0 radical (unpaired) electrons. The third kappa shape index (κ3) is 4.22. The fourth-order valence-corrected chi connectivity index (χ4v) is 5.91. The quantitative estimate of drug-likeness (QED) is 0.630. The van der Waals surface area contributed by atoms with Gasteiger partial charge in [0.2, 0.25) is 0 Å². The highest BCUT2D eigenvalue weighted by molar-refractivity contribution is 14.1. The minimum atomic E-state index is -3.01. The van der Waals surface area contributed by atoms with E-state index in [0.717, 1.165) is 29.3 Å². The molecule has 1 aromatic carbocycles. The number of amides is 1. The number of nitrogens with zero attached hydrogens (tertiary/aromatic N) is 1. The van der Waals surface area contributed by atoms with Crippen LogP contribution in [0, 0.1) is 3.57 Å². The van der Waals surface area contributed by atoms with Gasteiger partial charge in [0.15, 0.2) is 16.4 Å².